The third-order valence-electron chi connectivity index (χ3n) is 3.48. The first-order valence-corrected chi connectivity index (χ1v) is 8.18. The van der Waals surface area contributed by atoms with E-state index in [9.17, 15) is 23.6 Å². The molecule has 2 rings (SSSR count). The second-order valence-corrected chi connectivity index (χ2v) is 7.31. The first kappa shape index (κ1) is 16.2. The zero-order valence-electron chi connectivity index (χ0n) is 11.3. The number of rotatable bonds is 3. The minimum absolute atomic E-state index is 0.0123. The van der Waals surface area contributed by atoms with Gasteiger partial charge in [0.05, 0.1) is 20.9 Å². The van der Waals surface area contributed by atoms with Gasteiger partial charge in [-0.2, -0.15) is 4.31 Å². The van der Waals surface area contributed by atoms with E-state index >= 15 is 0 Å². The molecule has 0 radical (unpaired) electrons. The number of nitrogens with zero attached hydrogens (tertiary/aromatic N) is 2. The highest BCUT2D eigenvalue weighted by molar-refractivity contribution is 7.89. The van der Waals surface area contributed by atoms with Crippen LogP contribution in [0.4, 0.5) is 5.69 Å². The Morgan fingerprint density at radius 1 is 1.48 bits per heavy atom. The summed E-state index contributed by atoms with van der Waals surface area (Å²) in [4.78, 5) is 10.1. The minimum atomic E-state index is -3.91. The lowest BCUT2D eigenvalue weighted by molar-refractivity contribution is -0.385. The highest BCUT2D eigenvalue weighted by Crippen LogP contribution is 2.31. The Kier molecular flexibility index (Phi) is 4.52. The lowest BCUT2D eigenvalue weighted by atomic mass is 10.1. The summed E-state index contributed by atoms with van der Waals surface area (Å²) in [6.45, 7) is 1.72. The standard InChI is InChI=1S/C12H15ClN2O5S/c1-8-11(13)5-10(6-12(8)15(17)18)21(19,20)14-4-2-3-9(16)7-14/h5-6,9,16H,2-4,7H2,1H3. The number of hydrogen-bond acceptors (Lipinski definition) is 5. The van der Waals surface area contributed by atoms with Gasteiger partial charge in [0.25, 0.3) is 5.69 Å². The molecule has 1 aliphatic rings. The van der Waals surface area contributed by atoms with Gasteiger partial charge in [0, 0.05) is 24.7 Å². The van der Waals surface area contributed by atoms with Crippen molar-refractivity contribution in [2.45, 2.75) is 30.8 Å². The van der Waals surface area contributed by atoms with Gasteiger partial charge in [-0.15, -0.1) is 0 Å². The maximum Gasteiger partial charge on any atom is 0.275 e. The fourth-order valence-electron chi connectivity index (χ4n) is 2.27. The van der Waals surface area contributed by atoms with E-state index in [2.05, 4.69) is 0 Å². The van der Waals surface area contributed by atoms with Crippen molar-refractivity contribution in [2.24, 2.45) is 0 Å². The molecule has 0 saturated carbocycles. The van der Waals surface area contributed by atoms with Crippen molar-refractivity contribution in [1.82, 2.24) is 4.31 Å². The Labute approximate surface area is 127 Å². The molecule has 1 atom stereocenters. The Morgan fingerprint density at radius 2 is 2.14 bits per heavy atom. The predicted octanol–water partition coefficient (Wildman–Crippen LogP) is 1.70. The first-order valence-electron chi connectivity index (χ1n) is 6.36. The molecule has 1 saturated heterocycles. The van der Waals surface area contributed by atoms with Crippen molar-refractivity contribution in [3.05, 3.63) is 32.8 Å². The molecule has 1 unspecified atom stereocenters. The number of nitro benzene ring substituents is 1. The van der Waals surface area contributed by atoms with Gasteiger partial charge < -0.3 is 5.11 Å². The summed E-state index contributed by atoms with van der Waals surface area (Å²) in [6, 6.07) is 2.22. The molecular formula is C12H15ClN2O5S. The van der Waals surface area contributed by atoms with Crippen LogP contribution >= 0.6 is 11.6 Å². The predicted molar refractivity (Wildman–Crippen MR) is 76.8 cm³/mol. The summed E-state index contributed by atoms with van der Waals surface area (Å²) in [5.41, 5.74) is -0.113. The van der Waals surface area contributed by atoms with Crippen LogP contribution in [-0.2, 0) is 10.0 Å². The number of β-amino-alcohol motifs (C(OH)–C–C–N with tert-alkyl or cyclic N) is 1. The number of halogens is 1. The second kappa shape index (κ2) is 5.88. The van der Waals surface area contributed by atoms with Crippen LogP contribution in [0.25, 0.3) is 0 Å². The number of hydrogen-bond donors (Lipinski definition) is 1. The molecule has 0 bridgehead atoms. The average Bonchev–Trinajstić information content (AvgIpc) is 2.41. The van der Waals surface area contributed by atoms with Crippen molar-refractivity contribution in [3.63, 3.8) is 0 Å². The zero-order valence-corrected chi connectivity index (χ0v) is 12.9. The molecule has 1 heterocycles. The molecular weight excluding hydrogens is 320 g/mol. The Balaban J connectivity index is 2.47. The quantitative estimate of drug-likeness (QED) is 0.669. The number of benzene rings is 1. The summed E-state index contributed by atoms with van der Waals surface area (Å²) in [7, 11) is -3.91. The fraction of sp³-hybridized carbons (Fsp3) is 0.500. The van der Waals surface area contributed by atoms with Crippen molar-refractivity contribution < 1.29 is 18.4 Å². The summed E-state index contributed by atoms with van der Waals surface area (Å²) < 4.78 is 26.1. The number of sulfonamides is 1. The Hall–Kier alpha value is -1.22. The van der Waals surface area contributed by atoms with Crippen LogP contribution in [0.3, 0.4) is 0 Å². The largest absolute Gasteiger partial charge is 0.392 e. The van der Waals surface area contributed by atoms with Crippen molar-refractivity contribution >= 4 is 27.3 Å². The van der Waals surface area contributed by atoms with Gasteiger partial charge >= 0.3 is 0 Å². The van der Waals surface area contributed by atoms with Gasteiger partial charge in [0.2, 0.25) is 10.0 Å². The molecule has 0 spiro atoms. The third-order valence-corrected chi connectivity index (χ3v) is 5.72. The highest BCUT2D eigenvalue weighted by Gasteiger charge is 2.31. The van der Waals surface area contributed by atoms with Gasteiger partial charge in [-0.25, -0.2) is 8.42 Å². The molecule has 116 valence electrons. The normalized spacial score (nSPS) is 20.4. The van der Waals surface area contributed by atoms with E-state index in [0.717, 1.165) is 10.4 Å². The lowest BCUT2D eigenvalue weighted by Gasteiger charge is -2.29. The van der Waals surface area contributed by atoms with Gasteiger partial charge in [-0.05, 0) is 25.8 Å². The molecule has 0 aromatic heterocycles. The van der Waals surface area contributed by atoms with Crippen LogP contribution in [0.2, 0.25) is 5.02 Å². The van der Waals surface area contributed by atoms with E-state index in [1.54, 1.807) is 0 Å². The van der Waals surface area contributed by atoms with Gasteiger partial charge in [0.15, 0.2) is 0 Å². The van der Waals surface area contributed by atoms with Gasteiger partial charge in [-0.1, -0.05) is 11.6 Å². The topological polar surface area (TPSA) is 101 Å². The van der Waals surface area contributed by atoms with Gasteiger partial charge in [-0.3, -0.25) is 10.1 Å². The maximum absolute atomic E-state index is 12.5. The van der Waals surface area contributed by atoms with Crippen LogP contribution < -0.4 is 0 Å². The van der Waals surface area contributed by atoms with E-state index < -0.39 is 21.1 Å². The zero-order chi connectivity index (χ0) is 15.8. The number of aliphatic hydroxyl groups is 1. The van der Waals surface area contributed by atoms with Gasteiger partial charge in [0.1, 0.15) is 0 Å². The molecule has 1 fully saturated rings. The number of piperidine rings is 1. The van der Waals surface area contributed by atoms with Crippen LogP contribution in [0.5, 0.6) is 0 Å². The first-order chi connectivity index (χ1) is 9.73. The number of nitro groups is 1. The van der Waals surface area contributed by atoms with E-state index in [1.807, 2.05) is 0 Å². The third kappa shape index (κ3) is 3.18. The summed E-state index contributed by atoms with van der Waals surface area (Å²) in [6.07, 6.45) is 0.368. The van der Waals surface area contributed by atoms with E-state index in [0.29, 0.717) is 12.8 Å². The van der Waals surface area contributed by atoms with E-state index in [-0.39, 0.29) is 34.3 Å². The minimum Gasteiger partial charge on any atom is -0.392 e. The SMILES string of the molecule is Cc1c(Cl)cc(S(=O)(=O)N2CCCC(O)C2)cc1[N+](=O)[O-]. The molecule has 1 aliphatic heterocycles. The molecule has 21 heavy (non-hydrogen) atoms. The van der Waals surface area contributed by atoms with Crippen LogP contribution in [0.1, 0.15) is 18.4 Å². The second-order valence-electron chi connectivity index (χ2n) is 4.97. The van der Waals surface area contributed by atoms with Crippen molar-refractivity contribution in [1.29, 1.82) is 0 Å². The highest BCUT2D eigenvalue weighted by atomic mass is 35.5. The molecule has 0 aliphatic carbocycles. The monoisotopic (exact) mass is 334 g/mol. The fourth-order valence-corrected chi connectivity index (χ4v) is 4.11. The maximum atomic E-state index is 12.5. The van der Waals surface area contributed by atoms with E-state index in [1.165, 1.54) is 13.0 Å². The summed E-state index contributed by atoms with van der Waals surface area (Å²) in [5.74, 6) is 0. The smallest absolute Gasteiger partial charge is 0.275 e. The van der Waals surface area contributed by atoms with E-state index in [4.69, 9.17) is 11.6 Å². The van der Waals surface area contributed by atoms with Crippen LogP contribution in [0, 0.1) is 17.0 Å². The molecule has 9 heteroatoms. The molecule has 7 nitrogen and oxygen atoms in total. The molecule has 1 N–H and O–H groups in total. The molecule has 1 aromatic carbocycles. The average molecular weight is 335 g/mol. The lowest BCUT2D eigenvalue weighted by Crippen LogP contribution is -2.42. The number of aliphatic hydroxyl groups excluding tert-OH is 1. The van der Waals surface area contributed by atoms with Crippen molar-refractivity contribution in [2.75, 3.05) is 13.1 Å². The van der Waals surface area contributed by atoms with Crippen molar-refractivity contribution in [3.8, 4) is 0 Å². The van der Waals surface area contributed by atoms with Crippen LogP contribution in [-0.4, -0.2) is 41.9 Å². The van der Waals surface area contributed by atoms with Crippen LogP contribution in [0.15, 0.2) is 17.0 Å². The molecule has 0 amide bonds. The molecule has 1 aromatic rings. The Bertz CT molecular complexity index is 676. The summed E-state index contributed by atoms with van der Waals surface area (Å²) >= 11 is 5.90. The Morgan fingerprint density at radius 3 is 2.71 bits per heavy atom. The summed E-state index contributed by atoms with van der Waals surface area (Å²) in [5, 5.41) is 20.6.